The zero-order valence-electron chi connectivity index (χ0n) is 49.0. The lowest BCUT2D eigenvalue weighted by molar-refractivity contribution is -0.167. The zero-order chi connectivity index (χ0) is 54.3. The fourth-order valence-corrected chi connectivity index (χ4v) is 8.57. The summed E-state index contributed by atoms with van der Waals surface area (Å²) in [5.74, 6) is -0.940. The van der Waals surface area contributed by atoms with Crippen LogP contribution in [-0.4, -0.2) is 37.2 Å². The first-order valence-electron chi connectivity index (χ1n) is 31.4. The van der Waals surface area contributed by atoms with Gasteiger partial charge in [0.05, 0.1) is 0 Å². The van der Waals surface area contributed by atoms with E-state index in [4.69, 9.17) is 14.2 Å². The zero-order valence-corrected chi connectivity index (χ0v) is 49.0. The number of carbonyl (C=O) groups is 3. The molecule has 0 aliphatic heterocycles. The van der Waals surface area contributed by atoms with Crippen molar-refractivity contribution < 1.29 is 28.6 Å². The second-order valence-electron chi connectivity index (χ2n) is 20.6. The molecule has 0 saturated carbocycles. The standard InChI is InChI=1S/C69H116O6/c1-4-7-10-13-16-19-22-25-28-30-31-32-33-34-35-36-37-38-39-40-42-44-47-50-53-56-59-62-68(71)74-65-66(64-73-67(70)61-58-55-52-49-46-43-27-24-21-18-15-12-9-6-3)75-69(72)63-60-57-54-51-48-45-41-29-26-23-20-17-14-11-8-5-2/h7,10,16,19,24-25,27-28,31-32,34-35,37-38,40,42,47,50,66H,4-6,8-9,11-15,17-18,20-23,26,29-30,33,36,39,41,43-46,48-49,51-65H2,1-3H3/b10-7-,19-16-,27-24-,28-25-,32-31-,35-34-,38-37-,42-40-,50-47-. The minimum atomic E-state index is -0.800. The molecule has 0 saturated heterocycles. The van der Waals surface area contributed by atoms with E-state index in [1.165, 1.54) is 135 Å². The van der Waals surface area contributed by atoms with E-state index in [9.17, 15) is 14.4 Å². The van der Waals surface area contributed by atoms with Crippen molar-refractivity contribution in [2.45, 2.75) is 297 Å². The van der Waals surface area contributed by atoms with Gasteiger partial charge in [-0.15, -0.1) is 0 Å². The van der Waals surface area contributed by atoms with Crippen molar-refractivity contribution in [2.75, 3.05) is 13.2 Å². The molecule has 1 unspecified atom stereocenters. The van der Waals surface area contributed by atoms with Gasteiger partial charge in [-0.25, -0.2) is 0 Å². The smallest absolute Gasteiger partial charge is 0.306 e. The molecule has 0 spiro atoms. The quantitative estimate of drug-likeness (QED) is 0.0261. The van der Waals surface area contributed by atoms with E-state index in [1.807, 2.05) is 0 Å². The Labute approximate surface area is 463 Å². The van der Waals surface area contributed by atoms with E-state index >= 15 is 0 Å². The molecule has 6 heteroatoms. The summed E-state index contributed by atoms with van der Waals surface area (Å²) in [7, 11) is 0. The number of rotatable bonds is 56. The molecule has 1 atom stereocenters. The van der Waals surface area contributed by atoms with Gasteiger partial charge >= 0.3 is 17.9 Å². The predicted molar refractivity (Wildman–Crippen MR) is 325 cm³/mol. The van der Waals surface area contributed by atoms with Crippen molar-refractivity contribution in [3.8, 4) is 0 Å². The summed E-state index contributed by atoms with van der Waals surface area (Å²) >= 11 is 0. The highest BCUT2D eigenvalue weighted by atomic mass is 16.6. The van der Waals surface area contributed by atoms with E-state index in [0.717, 1.165) is 116 Å². The Hall–Kier alpha value is -3.93. The van der Waals surface area contributed by atoms with Crippen molar-refractivity contribution in [2.24, 2.45) is 0 Å². The molecular formula is C69H116O6. The largest absolute Gasteiger partial charge is 0.462 e. The predicted octanol–water partition coefficient (Wildman–Crippen LogP) is 21.4. The number of esters is 3. The third-order valence-corrected chi connectivity index (χ3v) is 13.3. The van der Waals surface area contributed by atoms with Crippen LogP contribution >= 0.6 is 0 Å². The van der Waals surface area contributed by atoms with Gasteiger partial charge < -0.3 is 14.2 Å². The number of ether oxygens (including phenoxy) is 3. The Morgan fingerprint density at radius 2 is 0.520 bits per heavy atom. The van der Waals surface area contributed by atoms with Crippen LogP contribution in [0.4, 0.5) is 0 Å². The van der Waals surface area contributed by atoms with Crippen LogP contribution < -0.4 is 0 Å². The summed E-state index contributed by atoms with van der Waals surface area (Å²) in [6, 6.07) is 0. The summed E-state index contributed by atoms with van der Waals surface area (Å²) in [6.07, 6.45) is 85.2. The molecule has 428 valence electrons. The molecule has 0 aromatic carbocycles. The second-order valence-corrected chi connectivity index (χ2v) is 20.6. The molecule has 6 nitrogen and oxygen atoms in total. The first-order valence-corrected chi connectivity index (χ1v) is 31.4. The van der Waals surface area contributed by atoms with Gasteiger partial charge in [-0.3, -0.25) is 14.4 Å². The Morgan fingerprint density at radius 1 is 0.280 bits per heavy atom. The molecule has 0 bridgehead atoms. The van der Waals surface area contributed by atoms with Crippen LogP contribution in [-0.2, 0) is 28.6 Å². The summed E-state index contributed by atoms with van der Waals surface area (Å²) in [5.41, 5.74) is 0. The van der Waals surface area contributed by atoms with Crippen molar-refractivity contribution in [1.29, 1.82) is 0 Å². The van der Waals surface area contributed by atoms with Gasteiger partial charge in [-0.2, -0.15) is 0 Å². The number of hydrogen-bond acceptors (Lipinski definition) is 6. The molecule has 0 aromatic rings. The molecular weight excluding hydrogens is 925 g/mol. The van der Waals surface area contributed by atoms with Crippen LogP contribution in [0.3, 0.4) is 0 Å². The van der Waals surface area contributed by atoms with E-state index in [2.05, 4.69) is 130 Å². The maximum atomic E-state index is 12.9. The van der Waals surface area contributed by atoms with E-state index in [0.29, 0.717) is 19.3 Å². The summed E-state index contributed by atoms with van der Waals surface area (Å²) < 4.78 is 16.9. The molecule has 0 N–H and O–H groups in total. The number of carbonyl (C=O) groups excluding carboxylic acids is 3. The summed E-state index contributed by atoms with van der Waals surface area (Å²) in [5, 5.41) is 0. The van der Waals surface area contributed by atoms with Crippen LogP contribution in [0.5, 0.6) is 0 Å². The van der Waals surface area contributed by atoms with Gasteiger partial charge in [0.1, 0.15) is 13.2 Å². The summed E-state index contributed by atoms with van der Waals surface area (Å²) in [6.45, 7) is 6.49. The van der Waals surface area contributed by atoms with E-state index in [1.54, 1.807) is 0 Å². The molecule has 0 fully saturated rings. The number of unbranched alkanes of at least 4 members (excludes halogenated alkanes) is 27. The lowest BCUT2D eigenvalue weighted by atomic mass is 10.0. The minimum Gasteiger partial charge on any atom is -0.462 e. The van der Waals surface area contributed by atoms with Crippen molar-refractivity contribution >= 4 is 17.9 Å². The highest BCUT2D eigenvalue weighted by Gasteiger charge is 2.19. The molecule has 0 aliphatic carbocycles. The highest BCUT2D eigenvalue weighted by Crippen LogP contribution is 2.16. The maximum Gasteiger partial charge on any atom is 0.306 e. The van der Waals surface area contributed by atoms with Gasteiger partial charge in [-0.1, -0.05) is 271 Å². The SMILES string of the molecule is CC/C=C\C/C=C\C/C=C\C/C=C\C/C=C\C/C=C\C/C=C\C/C=C\CCCCC(=O)OCC(COC(=O)CCCCCCC/C=C\CCCCCCC)OC(=O)CCCCCCCCCCCCCCCCCC. The average Bonchev–Trinajstić information content (AvgIpc) is 3.41. The summed E-state index contributed by atoms with van der Waals surface area (Å²) in [4.78, 5) is 38.2. The van der Waals surface area contributed by atoms with Crippen LogP contribution in [0, 0.1) is 0 Å². The first-order chi connectivity index (χ1) is 37.0. The fraction of sp³-hybridized carbons (Fsp3) is 0.696. The fourth-order valence-electron chi connectivity index (χ4n) is 8.57. The third-order valence-electron chi connectivity index (χ3n) is 13.3. The Bertz CT molecular complexity index is 1520. The molecule has 0 heterocycles. The molecule has 0 radical (unpaired) electrons. The van der Waals surface area contributed by atoms with Gasteiger partial charge in [0.25, 0.3) is 0 Å². The Balaban J connectivity index is 4.43. The molecule has 0 amide bonds. The minimum absolute atomic E-state index is 0.0949. The van der Waals surface area contributed by atoms with Gasteiger partial charge in [0.2, 0.25) is 0 Å². The normalized spacial score (nSPS) is 12.8. The number of allylic oxidation sites excluding steroid dienone is 18. The maximum absolute atomic E-state index is 12.9. The van der Waals surface area contributed by atoms with Gasteiger partial charge in [0.15, 0.2) is 6.10 Å². The van der Waals surface area contributed by atoms with Crippen LogP contribution in [0.25, 0.3) is 0 Å². The second kappa shape index (κ2) is 62.6. The topological polar surface area (TPSA) is 78.9 Å². The molecule has 0 aromatic heterocycles. The van der Waals surface area contributed by atoms with Crippen LogP contribution in [0.2, 0.25) is 0 Å². The number of hydrogen-bond donors (Lipinski definition) is 0. The molecule has 75 heavy (non-hydrogen) atoms. The lowest BCUT2D eigenvalue weighted by Gasteiger charge is -2.18. The molecule has 0 aliphatic rings. The van der Waals surface area contributed by atoms with E-state index in [-0.39, 0.29) is 31.1 Å². The third kappa shape index (κ3) is 60.8. The van der Waals surface area contributed by atoms with Gasteiger partial charge in [0, 0.05) is 19.3 Å². The van der Waals surface area contributed by atoms with Crippen molar-refractivity contribution in [3.05, 3.63) is 109 Å². The Morgan fingerprint density at radius 3 is 0.853 bits per heavy atom. The van der Waals surface area contributed by atoms with Crippen LogP contribution in [0.1, 0.15) is 290 Å². The lowest BCUT2D eigenvalue weighted by Crippen LogP contribution is -2.30. The molecule has 0 rings (SSSR count). The van der Waals surface area contributed by atoms with Crippen LogP contribution in [0.15, 0.2) is 109 Å². The van der Waals surface area contributed by atoms with Crippen molar-refractivity contribution in [3.63, 3.8) is 0 Å². The first kappa shape index (κ1) is 71.1. The highest BCUT2D eigenvalue weighted by molar-refractivity contribution is 5.71. The monoisotopic (exact) mass is 1040 g/mol. The van der Waals surface area contributed by atoms with Gasteiger partial charge in [-0.05, 0) is 109 Å². The Kier molecular flexibility index (Phi) is 59.3. The van der Waals surface area contributed by atoms with Crippen molar-refractivity contribution in [1.82, 2.24) is 0 Å². The average molecular weight is 1040 g/mol. The van der Waals surface area contributed by atoms with E-state index < -0.39 is 6.10 Å².